The van der Waals surface area contributed by atoms with Crippen molar-refractivity contribution in [2.75, 3.05) is 6.54 Å². The van der Waals surface area contributed by atoms with E-state index in [2.05, 4.69) is 5.32 Å². The largest absolute Gasteiger partial charge is 0.355 e. The molecule has 0 radical (unpaired) electrons. The lowest BCUT2D eigenvalue weighted by Gasteiger charge is -2.21. The highest BCUT2D eigenvalue weighted by Crippen LogP contribution is 2.31. The normalized spacial score (nSPS) is 22.6. The number of amides is 1. The molecule has 1 atom stereocenters. The number of carbonyl (C=O) groups excluding carboxylic acids is 1. The molecule has 2 aliphatic rings. The van der Waals surface area contributed by atoms with Crippen LogP contribution in [-0.2, 0) is 4.79 Å². The molecule has 2 aliphatic carbocycles. The Balaban J connectivity index is 0.00000144. The van der Waals surface area contributed by atoms with Crippen LogP contribution in [0, 0.1) is 11.8 Å². The minimum atomic E-state index is 0. The number of hydrogen-bond acceptors (Lipinski definition) is 2. The Bertz CT molecular complexity index is 238. The third-order valence-corrected chi connectivity index (χ3v) is 3.96. The molecule has 3 N–H and O–H groups in total. The molecular formula is C13H25ClN2O. The average molecular weight is 261 g/mol. The fourth-order valence-corrected chi connectivity index (χ4v) is 2.65. The van der Waals surface area contributed by atoms with E-state index in [1.54, 1.807) is 0 Å². The Morgan fingerprint density at radius 2 is 1.82 bits per heavy atom. The van der Waals surface area contributed by atoms with Gasteiger partial charge in [-0.25, -0.2) is 0 Å². The Morgan fingerprint density at radius 3 is 2.41 bits per heavy atom. The highest BCUT2D eigenvalue weighted by Gasteiger charge is 2.28. The van der Waals surface area contributed by atoms with Gasteiger partial charge in [-0.2, -0.15) is 0 Å². The first-order valence-corrected chi connectivity index (χ1v) is 6.78. The Kier molecular flexibility index (Phi) is 6.28. The van der Waals surface area contributed by atoms with Crippen LogP contribution in [0.15, 0.2) is 0 Å². The maximum Gasteiger partial charge on any atom is 0.220 e. The second-order valence-electron chi connectivity index (χ2n) is 5.51. The quantitative estimate of drug-likeness (QED) is 0.797. The first kappa shape index (κ1) is 14.8. The van der Waals surface area contributed by atoms with Crippen LogP contribution < -0.4 is 11.1 Å². The van der Waals surface area contributed by atoms with E-state index in [1.165, 1.54) is 44.9 Å². The van der Waals surface area contributed by atoms with E-state index < -0.39 is 0 Å². The monoisotopic (exact) mass is 260 g/mol. The van der Waals surface area contributed by atoms with Gasteiger partial charge in [0, 0.05) is 19.0 Å². The number of rotatable bonds is 5. The summed E-state index contributed by atoms with van der Waals surface area (Å²) >= 11 is 0. The molecule has 0 aromatic heterocycles. The number of halogens is 1. The third-order valence-electron chi connectivity index (χ3n) is 3.96. The van der Waals surface area contributed by atoms with Gasteiger partial charge in [-0.15, -0.1) is 12.4 Å². The predicted octanol–water partition coefficient (Wildman–Crippen LogP) is 2.23. The van der Waals surface area contributed by atoms with Gasteiger partial charge < -0.3 is 11.1 Å². The number of carbonyl (C=O) groups is 1. The highest BCUT2D eigenvalue weighted by atomic mass is 35.5. The molecule has 1 unspecified atom stereocenters. The van der Waals surface area contributed by atoms with E-state index >= 15 is 0 Å². The van der Waals surface area contributed by atoms with Crippen LogP contribution in [0.4, 0.5) is 0 Å². The Hall–Kier alpha value is -0.280. The minimum Gasteiger partial charge on any atom is -0.355 e. The van der Waals surface area contributed by atoms with Gasteiger partial charge in [0.2, 0.25) is 5.91 Å². The molecule has 0 saturated heterocycles. The van der Waals surface area contributed by atoms with E-state index in [1.807, 2.05) is 0 Å². The second-order valence-corrected chi connectivity index (χ2v) is 5.51. The molecule has 1 amide bonds. The van der Waals surface area contributed by atoms with Gasteiger partial charge in [0.05, 0.1) is 0 Å². The van der Waals surface area contributed by atoms with Crippen LogP contribution in [0.25, 0.3) is 0 Å². The van der Waals surface area contributed by atoms with E-state index in [9.17, 15) is 4.79 Å². The molecule has 0 spiro atoms. The summed E-state index contributed by atoms with van der Waals surface area (Å²) in [6.07, 6.45) is 9.66. The van der Waals surface area contributed by atoms with Crippen molar-refractivity contribution in [2.45, 2.75) is 57.4 Å². The Labute approximate surface area is 110 Å². The number of hydrogen-bond donors (Lipinski definition) is 2. The summed E-state index contributed by atoms with van der Waals surface area (Å²) in [5, 5.41) is 2.99. The van der Waals surface area contributed by atoms with Gasteiger partial charge in [0.25, 0.3) is 0 Å². The zero-order chi connectivity index (χ0) is 11.4. The van der Waals surface area contributed by atoms with Crippen molar-refractivity contribution in [3.8, 4) is 0 Å². The van der Waals surface area contributed by atoms with Crippen molar-refractivity contribution in [2.24, 2.45) is 17.6 Å². The molecule has 2 fully saturated rings. The van der Waals surface area contributed by atoms with Crippen molar-refractivity contribution in [3.63, 3.8) is 0 Å². The van der Waals surface area contributed by atoms with Crippen LogP contribution >= 0.6 is 12.4 Å². The SMILES string of the molecule is Cl.NC(CNC(=O)CC1CCCCC1)C1CC1. The lowest BCUT2D eigenvalue weighted by atomic mass is 9.87. The van der Waals surface area contributed by atoms with Crippen molar-refractivity contribution < 1.29 is 4.79 Å². The molecule has 100 valence electrons. The summed E-state index contributed by atoms with van der Waals surface area (Å²) in [7, 11) is 0. The molecule has 0 aromatic rings. The molecular weight excluding hydrogens is 236 g/mol. The Morgan fingerprint density at radius 1 is 1.18 bits per heavy atom. The molecule has 17 heavy (non-hydrogen) atoms. The summed E-state index contributed by atoms with van der Waals surface area (Å²) in [6, 6.07) is 0.190. The summed E-state index contributed by atoms with van der Waals surface area (Å²) in [4.78, 5) is 11.7. The van der Waals surface area contributed by atoms with Crippen molar-refractivity contribution in [1.29, 1.82) is 0 Å². The van der Waals surface area contributed by atoms with Crippen LogP contribution in [0.1, 0.15) is 51.4 Å². The van der Waals surface area contributed by atoms with Gasteiger partial charge in [0.15, 0.2) is 0 Å². The van der Waals surface area contributed by atoms with Gasteiger partial charge in [-0.05, 0) is 37.5 Å². The average Bonchev–Trinajstić information content (AvgIpc) is 3.11. The first-order chi connectivity index (χ1) is 7.75. The van der Waals surface area contributed by atoms with Gasteiger partial charge >= 0.3 is 0 Å². The van der Waals surface area contributed by atoms with Crippen molar-refractivity contribution in [1.82, 2.24) is 5.32 Å². The van der Waals surface area contributed by atoms with Gasteiger partial charge in [0.1, 0.15) is 0 Å². The van der Waals surface area contributed by atoms with E-state index in [0.29, 0.717) is 18.4 Å². The van der Waals surface area contributed by atoms with E-state index in [0.717, 1.165) is 6.42 Å². The zero-order valence-electron chi connectivity index (χ0n) is 10.5. The van der Waals surface area contributed by atoms with Crippen LogP contribution in [0.3, 0.4) is 0 Å². The standard InChI is InChI=1S/C13H24N2O.ClH/c14-12(11-6-7-11)9-15-13(16)8-10-4-2-1-3-5-10;/h10-12H,1-9,14H2,(H,15,16);1H. The minimum absolute atomic E-state index is 0. The topological polar surface area (TPSA) is 55.1 Å². The van der Waals surface area contributed by atoms with Crippen LogP contribution in [-0.4, -0.2) is 18.5 Å². The van der Waals surface area contributed by atoms with Gasteiger partial charge in [-0.1, -0.05) is 19.3 Å². The molecule has 0 aliphatic heterocycles. The molecule has 3 nitrogen and oxygen atoms in total. The van der Waals surface area contributed by atoms with Crippen molar-refractivity contribution >= 4 is 18.3 Å². The molecule has 4 heteroatoms. The zero-order valence-corrected chi connectivity index (χ0v) is 11.3. The van der Waals surface area contributed by atoms with Crippen molar-refractivity contribution in [3.05, 3.63) is 0 Å². The fraction of sp³-hybridized carbons (Fsp3) is 0.923. The summed E-state index contributed by atoms with van der Waals surface area (Å²) in [6.45, 7) is 0.677. The first-order valence-electron chi connectivity index (χ1n) is 6.78. The second kappa shape index (κ2) is 7.22. The lowest BCUT2D eigenvalue weighted by molar-refractivity contribution is -0.122. The molecule has 2 saturated carbocycles. The maximum atomic E-state index is 11.7. The predicted molar refractivity (Wildman–Crippen MR) is 72.1 cm³/mol. The smallest absolute Gasteiger partial charge is 0.220 e. The number of nitrogens with one attached hydrogen (secondary N) is 1. The summed E-state index contributed by atoms with van der Waals surface area (Å²) in [5.41, 5.74) is 5.95. The third kappa shape index (κ3) is 5.26. The van der Waals surface area contributed by atoms with Crippen LogP contribution in [0.5, 0.6) is 0 Å². The fourth-order valence-electron chi connectivity index (χ4n) is 2.65. The molecule has 2 rings (SSSR count). The summed E-state index contributed by atoms with van der Waals surface area (Å²) < 4.78 is 0. The maximum absolute atomic E-state index is 11.7. The molecule has 0 bridgehead atoms. The van der Waals surface area contributed by atoms with E-state index in [-0.39, 0.29) is 24.4 Å². The molecule has 0 aromatic carbocycles. The number of nitrogens with two attached hydrogens (primary N) is 1. The van der Waals surface area contributed by atoms with Gasteiger partial charge in [-0.3, -0.25) is 4.79 Å². The van der Waals surface area contributed by atoms with E-state index in [4.69, 9.17) is 5.73 Å². The molecule has 0 heterocycles. The van der Waals surface area contributed by atoms with Crippen LogP contribution in [0.2, 0.25) is 0 Å². The summed E-state index contributed by atoms with van der Waals surface area (Å²) in [5.74, 6) is 1.52. The highest BCUT2D eigenvalue weighted by molar-refractivity contribution is 5.85. The lowest BCUT2D eigenvalue weighted by Crippen LogP contribution is -2.39.